The third-order valence-corrected chi connectivity index (χ3v) is 8.78. The fourth-order valence-electron chi connectivity index (χ4n) is 6.03. The minimum atomic E-state index is -0.329. The van der Waals surface area contributed by atoms with Gasteiger partial charge in [-0.25, -0.2) is 0 Å². The van der Waals surface area contributed by atoms with Crippen molar-refractivity contribution in [2.75, 3.05) is 19.8 Å². The highest BCUT2D eigenvalue weighted by atomic mass is 16.7. The molecule has 44 heavy (non-hydrogen) atoms. The van der Waals surface area contributed by atoms with Crippen LogP contribution in [0, 0.1) is 0 Å². The zero-order valence-electron chi connectivity index (χ0n) is 27.9. The summed E-state index contributed by atoms with van der Waals surface area (Å²) in [4.78, 5) is 0. The second kappa shape index (κ2) is 23.4. The summed E-state index contributed by atoms with van der Waals surface area (Å²) in [5.74, 6) is 0.919. The smallest absolute Gasteiger partial charge is 0.184 e. The number of fused-ring (bicyclic) bond motifs is 1. The summed E-state index contributed by atoms with van der Waals surface area (Å²) in [6.07, 6.45) is 22.7. The molecule has 1 N–H and O–H groups in total. The van der Waals surface area contributed by atoms with Crippen LogP contribution in [-0.2, 0) is 14.2 Å². The highest BCUT2D eigenvalue weighted by Gasteiger charge is 2.38. The maximum atomic E-state index is 8.51. The van der Waals surface area contributed by atoms with E-state index < -0.39 is 0 Å². The molecule has 0 amide bonds. The number of ether oxygens (including phenoxy) is 4. The van der Waals surface area contributed by atoms with Gasteiger partial charge in [0.15, 0.2) is 6.29 Å². The van der Waals surface area contributed by atoms with Gasteiger partial charge in [0, 0.05) is 12.2 Å². The minimum absolute atomic E-state index is 0.00513. The fraction of sp³-hybridized carbons (Fsp3) is 0.692. The highest BCUT2D eigenvalue weighted by molar-refractivity contribution is 5.28. The SMILES string of the molecule is CCCCCCCCCCO.CCCCCCCCCCOc1ccc(C2OCC3OC(c4ccccc4)CCC3O2)cc1. The van der Waals surface area contributed by atoms with Crippen molar-refractivity contribution < 1.29 is 24.1 Å². The number of unbranched alkanes of at least 4 members (excludes halogenated alkanes) is 14. The summed E-state index contributed by atoms with van der Waals surface area (Å²) < 4.78 is 24.5. The summed E-state index contributed by atoms with van der Waals surface area (Å²) in [6, 6.07) is 18.6. The quantitative estimate of drug-likeness (QED) is 0.151. The molecule has 2 fully saturated rings. The van der Waals surface area contributed by atoms with Crippen molar-refractivity contribution >= 4 is 0 Å². The predicted molar refractivity (Wildman–Crippen MR) is 181 cm³/mol. The maximum Gasteiger partial charge on any atom is 0.184 e. The fourth-order valence-corrected chi connectivity index (χ4v) is 6.03. The zero-order valence-corrected chi connectivity index (χ0v) is 27.9. The van der Waals surface area contributed by atoms with Crippen LogP contribution in [0.15, 0.2) is 54.6 Å². The van der Waals surface area contributed by atoms with E-state index in [1.165, 1.54) is 95.5 Å². The standard InChI is InChI=1S/C29H40O4.C10H22O/c1-2-3-4-5-6-7-8-12-21-30-25-17-15-24(16-18-25)29-31-22-28-27(33-29)20-19-26(32-28)23-13-10-9-11-14-23;1-2-3-4-5-6-7-8-9-10-11/h9-11,13-18,26-29H,2-8,12,19-22H2,1H3;11H,2-10H2,1H3. The van der Waals surface area contributed by atoms with Gasteiger partial charge in [-0.2, -0.15) is 0 Å². The van der Waals surface area contributed by atoms with Crippen LogP contribution in [0.5, 0.6) is 5.75 Å². The molecule has 2 aliphatic rings. The largest absolute Gasteiger partial charge is 0.494 e. The molecule has 4 rings (SSSR count). The van der Waals surface area contributed by atoms with E-state index in [0.29, 0.717) is 13.2 Å². The number of aliphatic hydroxyl groups is 1. The predicted octanol–water partition coefficient (Wildman–Crippen LogP) is 10.7. The third kappa shape index (κ3) is 14.5. The van der Waals surface area contributed by atoms with Crippen molar-refractivity contribution in [1.29, 1.82) is 0 Å². The van der Waals surface area contributed by atoms with Gasteiger partial charge in [0.25, 0.3) is 0 Å². The van der Waals surface area contributed by atoms with Gasteiger partial charge in [0.2, 0.25) is 0 Å². The number of benzene rings is 2. The van der Waals surface area contributed by atoms with E-state index in [0.717, 1.165) is 43.6 Å². The lowest BCUT2D eigenvalue weighted by molar-refractivity contribution is -0.289. The first-order valence-corrected chi connectivity index (χ1v) is 18.1. The van der Waals surface area contributed by atoms with Crippen LogP contribution in [0.2, 0.25) is 0 Å². The molecular formula is C39H62O5. The number of hydrogen-bond donors (Lipinski definition) is 1. The Balaban J connectivity index is 0.000000411. The van der Waals surface area contributed by atoms with Crippen LogP contribution < -0.4 is 4.74 Å². The molecule has 0 radical (unpaired) electrons. The Morgan fingerprint density at radius 1 is 0.614 bits per heavy atom. The molecule has 4 atom stereocenters. The molecule has 2 aromatic carbocycles. The van der Waals surface area contributed by atoms with Crippen LogP contribution in [0.3, 0.4) is 0 Å². The molecule has 248 valence electrons. The van der Waals surface area contributed by atoms with Gasteiger partial charge in [-0.1, -0.05) is 146 Å². The molecule has 4 unspecified atom stereocenters. The van der Waals surface area contributed by atoms with Gasteiger partial charge in [-0.3, -0.25) is 0 Å². The Hall–Kier alpha value is -1.92. The highest BCUT2D eigenvalue weighted by Crippen LogP contribution is 2.38. The number of aliphatic hydroxyl groups excluding tert-OH is 1. The van der Waals surface area contributed by atoms with E-state index >= 15 is 0 Å². The van der Waals surface area contributed by atoms with E-state index in [4.69, 9.17) is 24.1 Å². The second-order valence-electron chi connectivity index (χ2n) is 12.6. The van der Waals surface area contributed by atoms with Gasteiger partial charge in [-0.15, -0.1) is 0 Å². The van der Waals surface area contributed by atoms with E-state index in [2.05, 4.69) is 50.2 Å². The molecule has 5 nitrogen and oxygen atoms in total. The first-order valence-electron chi connectivity index (χ1n) is 18.1. The molecule has 0 aliphatic carbocycles. The second-order valence-corrected chi connectivity index (χ2v) is 12.6. The molecular weight excluding hydrogens is 548 g/mol. The molecule has 2 heterocycles. The Kier molecular flexibility index (Phi) is 19.5. The molecule has 2 aliphatic heterocycles. The molecule has 2 saturated heterocycles. The van der Waals surface area contributed by atoms with Crippen molar-refractivity contribution in [1.82, 2.24) is 0 Å². The first-order chi connectivity index (χ1) is 21.7. The van der Waals surface area contributed by atoms with Crippen molar-refractivity contribution in [2.45, 2.75) is 154 Å². The van der Waals surface area contributed by atoms with Gasteiger partial charge in [0.05, 0.1) is 25.4 Å². The Morgan fingerprint density at radius 3 is 1.82 bits per heavy atom. The number of rotatable bonds is 20. The van der Waals surface area contributed by atoms with Gasteiger partial charge in [-0.05, 0) is 43.4 Å². The van der Waals surface area contributed by atoms with Gasteiger partial charge < -0.3 is 24.1 Å². The zero-order chi connectivity index (χ0) is 31.1. The lowest BCUT2D eigenvalue weighted by Crippen LogP contribution is -2.45. The lowest BCUT2D eigenvalue weighted by atomic mass is 9.96. The summed E-state index contributed by atoms with van der Waals surface area (Å²) >= 11 is 0. The summed E-state index contributed by atoms with van der Waals surface area (Å²) in [6.45, 7) is 6.23. The molecule has 0 saturated carbocycles. The molecule has 2 aromatic rings. The molecule has 5 heteroatoms. The Bertz CT molecular complexity index is 925. The first kappa shape index (κ1) is 36.5. The van der Waals surface area contributed by atoms with E-state index in [9.17, 15) is 0 Å². The van der Waals surface area contributed by atoms with Crippen molar-refractivity contribution in [3.8, 4) is 5.75 Å². The van der Waals surface area contributed by atoms with Crippen LogP contribution in [0.1, 0.15) is 153 Å². The normalized spacial score (nSPS) is 21.2. The average Bonchev–Trinajstić information content (AvgIpc) is 3.08. The van der Waals surface area contributed by atoms with E-state index in [1.807, 2.05) is 18.2 Å². The monoisotopic (exact) mass is 610 g/mol. The van der Waals surface area contributed by atoms with E-state index in [-0.39, 0.29) is 24.6 Å². The Morgan fingerprint density at radius 2 is 1.20 bits per heavy atom. The third-order valence-electron chi connectivity index (χ3n) is 8.78. The van der Waals surface area contributed by atoms with Crippen LogP contribution >= 0.6 is 0 Å². The maximum absolute atomic E-state index is 8.51. The van der Waals surface area contributed by atoms with Gasteiger partial charge >= 0.3 is 0 Å². The topological polar surface area (TPSA) is 57.2 Å². The summed E-state index contributed by atoms with van der Waals surface area (Å²) in [5.41, 5.74) is 2.28. The van der Waals surface area contributed by atoms with Crippen LogP contribution in [0.25, 0.3) is 0 Å². The summed E-state index contributed by atoms with van der Waals surface area (Å²) in [5, 5.41) is 8.51. The minimum Gasteiger partial charge on any atom is -0.494 e. The van der Waals surface area contributed by atoms with E-state index in [1.54, 1.807) is 0 Å². The van der Waals surface area contributed by atoms with Crippen molar-refractivity contribution in [3.05, 3.63) is 65.7 Å². The summed E-state index contributed by atoms with van der Waals surface area (Å²) in [7, 11) is 0. The molecule has 0 bridgehead atoms. The lowest BCUT2D eigenvalue weighted by Gasteiger charge is -2.42. The average molecular weight is 611 g/mol. The van der Waals surface area contributed by atoms with Crippen LogP contribution in [0.4, 0.5) is 0 Å². The van der Waals surface area contributed by atoms with Crippen molar-refractivity contribution in [3.63, 3.8) is 0 Å². The van der Waals surface area contributed by atoms with Crippen LogP contribution in [-0.4, -0.2) is 37.1 Å². The number of hydrogen-bond acceptors (Lipinski definition) is 5. The van der Waals surface area contributed by atoms with Gasteiger partial charge in [0.1, 0.15) is 11.9 Å². The molecule has 0 aromatic heterocycles. The Labute approximate surface area is 269 Å². The molecule has 0 spiro atoms. The van der Waals surface area contributed by atoms with Crippen molar-refractivity contribution in [2.24, 2.45) is 0 Å².